The van der Waals surface area contributed by atoms with E-state index < -0.39 is 5.54 Å². The summed E-state index contributed by atoms with van der Waals surface area (Å²) in [6, 6.07) is 7.55. The van der Waals surface area contributed by atoms with Crippen LogP contribution in [0.5, 0.6) is 0 Å². The third kappa shape index (κ3) is 3.35. The molecule has 0 unspecified atom stereocenters. The number of anilines is 2. The number of amides is 2. The molecule has 0 saturated heterocycles. The molecule has 1 aromatic carbocycles. The summed E-state index contributed by atoms with van der Waals surface area (Å²) in [4.78, 5) is 26.2. The molecule has 2 rings (SSSR count). The first kappa shape index (κ1) is 15.4. The zero-order valence-electron chi connectivity index (χ0n) is 13.1. The van der Waals surface area contributed by atoms with Gasteiger partial charge >= 0.3 is 0 Å². The van der Waals surface area contributed by atoms with E-state index in [1.54, 1.807) is 4.90 Å². The number of carbonyl (C=O) groups excluding carboxylic acids is 2. The predicted molar refractivity (Wildman–Crippen MR) is 84.3 cm³/mol. The van der Waals surface area contributed by atoms with E-state index in [0.717, 1.165) is 11.4 Å². The lowest BCUT2D eigenvalue weighted by Gasteiger charge is -2.39. The Balaban J connectivity index is 2.21. The van der Waals surface area contributed by atoms with Crippen molar-refractivity contribution in [3.05, 3.63) is 24.3 Å². The van der Waals surface area contributed by atoms with Crippen molar-refractivity contribution >= 4 is 23.2 Å². The van der Waals surface area contributed by atoms with Crippen LogP contribution in [0.2, 0.25) is 0 Å². The molecule has 1 aliphatic rings. The standard InChI is InChI=1S/C16H23N3O2/c1-11(2)9-17-14(20)10-19-13-8-6-5-7-12(13)18-16(3,4)15(19)21/h5-8,11,18H,9-10H2,1-4H3,(H,17,20). The summed E-state index contributed by atoms with van der Waals surface area (Å²) in [5.74, 6) is 0.154. The number of fused-ring (bicyclic) bond motifs is 1. The fraction of sp³-hybridized carbons (Fsp3) is 0.500. The minimum Gasteiger partial charge on any atom is -0.370 e. The molecule has 0 aromatic heterocycles. The van der Waals surface area contributed by atoms with Crippen molar-refractivity contribution in [3.63, 3.8) is 0 Å². The second kappa shape index (κ2) is 5.76. The van der Waals surface area contributed by atoms with Gasteiger partial charge in [-0.15, -0.1) is 0 Å². The molecule has 1 heterocycles. The third-order valence-electron chi connectivity index (χ3n) is 3.43. The zero-order chi connectivity index (χ0) is 15.6. The Morgan fingerprint density at radius 2 is 2.00 bits per heavy atom. The summed E-state index contributed by atoms with van der Waals surface area (Å²) in [7, 11) is 0. The van der Waals surface area contributed by atoms with Gasteiger partial charge < -0.3 is 10.6 Å². The van der Waals surface area contributed by atoms with Gasteiger partial charge in [-0.2, -0.15) is 0 Å². The molecule has 2 amide bonds. The van der Waals surface area contributed by atoms with Gasteiger partial charge in [-0.05, 0) is 31.9 Å². The Hall–Kier alpha value is -2.04. The van der Waals surface area contributed by atoms with Crippen LogP contribution in [0, 0.1) is 5.92 Å². The van der Waals surface area contributed by atoms with E-state index in [9.17, 15) is 9.59 Å². The first-order valence-corrected chi connectivity index (χ1v) is 7.27. The Kier molecular flexibility index (Phi) is 4.21. The lowest BCUT2D eigenvalue weighted by atomic mass is 9.98. The van der Waals surface area contributed by atoms with E-state index in [1.165, 1.54) is 0 Å². The van der Waals surface area contributed by atoms with Gasteiger partial charge in [-0.3, -0.25) is 14.5 Å². The molecule has 0 spiro atoms. The monoisotopic (exact) mass is 289 g/mol. The van der Waals surface area contributed by atoms with Crippen molar-refractivity contribution in [1.29, 1.82) is 0 Å². The Morgan fingerprint density at radius 3 is 2.67 bits per heavy atom. The summed E-state index contributed by atoms with van der Waals surface area (Å²) in [6.07, 6.45) is 0. The topological polar surface area (TPSA) is 61.4 Å². The van der Waals surface area contributed by atoms with Crippen LogP contribution < -0.4 is 15.5 Å². The number of hydrogen-bond acceptors (Lipinski definition) is 3. The van der Waals surface area contributed by atoms with E-state index >= 15 is 0 Å². The van der Waals surface area contributed by atoms with Gasteiger partial charge in [0.25, 0.3) is 5.91 Å². The quantitative estimate of drug-likeness (QED) is 0.891. The second-order valence-electron chi connectivity index (χ2n) is 6.36. The number of carbonyl (C=O) groups is 2. The average Bonchev–Trinajstić information content (AvgIpc) is 2.41. The molecule has 0 fully saturated rings. The number of hydrogen-bond donors (Lipinski definition) is 2. The van der Waals surface area contributed by atoms with Gasteiger partial charge in [0.15, 0.2) is 0 Å². The molecular formula is C16H23N3O2. The Morgan fingerprint density at radius 1 is 1.33 bits per heavy atom. The fourth-order valence-corrected chi connectivity index (χ4v) is 2.33. The van der Waals surface area contributed by atoms with Crippen molar-refractivity contribution in [2.24, 2.45) is 5.92 Å². The highest BCUT2D eigenvalue weighted by molar-refractivity contribution is 6.09. The maximum atomic E-state index is 12.6. The lowest BCUT2D eigenvalue weighted by molar-refractivity contribution is -0.125. The molecule has 21 heavy (non-hydrogen) atoms. The predicted octanol–water partition coefficient (Wildman–Crippen LogP) is 2.00. The minimum absolute atomic E-state index is 0.0493. The highest BCUT2D eigenvalue weighted by atomic mass is 16.2. The van der Waals surface area contributed by atoms with Crippen molar-refractivity contribution in [2.75, 3.05) is 23.3 Å². The molecule has 5 nitrogen and oxygen atoms in total. The summed E-state index contributed by atoms with van der Waals surface area (Å²) in [5, 5.41) is 6.07. The summed E-state index contributed by atoms with van der Waals surface area (Å²) in [5.41, 5.74) is 0.910. The van der Waals surface area contributed by atoms with Gasteiger partial charge in [0.1, 0.15) is 12.1 Å². The first-order chi connectivity index (χ1) is 9.81. The van der Waals surface area contributed by atoms with Crippen LogP contribution >= 0.6 is 0 Å². The number of rotatable bonds is 4. The van der Waals surface area contributed by atoms with Crippen LogP contribution in [0.1, 0.15) is 27.7 Å². The van der Waals surface area contributed by atoms with Gasteiger partial charge in [0.05, 0.1) is 11.4 Å². The average molecular weight is 289 g/mol. The normalized spacial score (nSPS) is 16.4. The lowest BCUT2D eigenvalue weighted by Crippen LogP contribution is -2.56. The number of benzene rings is 1. The molecule has 0 saturated carbocycles. The Labute approximate surface area is 125 Å². The number of nitrogens with one attached hydrogen (secondary N) is 2. The Bertz CT molecular complexity index is 552. The largest absolute Gasteiger partial charge is 0.370 e. The van der Waals surface area contributed by atoms with Crippen LogP contribution in [0.4, 0.5) is 11.4 Å². The van der Waals surface area contributed by atoms with E-state index in [2.05, 4.69) is 10.6 Å². The zero-order valence-corrected chi connectivity index (χ0v) is 13.1. The van der Waals surface area contributed by atoms with E-state index in [-0.39, 0.29) is 18.4 Å². The summed E-state index contributed by atoms with van der Waals surface area (Å²) in [6.45, 7) is 8.38. The SMILES string of the molecule is CC(C)CNC(=O)CN1C(=O)C(C)(C)Nc2ccccc21. The molecule has 0 radical (unpaired) electrons. The van der Waals surface area contributed by atoms with E-state index in [1.807, 2.05) is 52.0 Å². The number of nitrogens with zero attached hydrogens (tertiary/aromatic N) is 1. The highest BCUT2D eigenvalue weighted by Gasteiger charge is 2.39. The van der Waals surface area contributed by atoms with Crippen molar-refractivity contribution in [2.45, 2.75) is 33.2 Å². The maximum absolute atomic E-state index is 12.6. The van der Waals surface area contributed by atoms with Crippen molar-refractivity contribution < 1.29 is 9.59 Å². The number of para-hydroxylation sites is 2. The van der Waals surface area contributed by atoms with E-state index in [4.69, 9.17) is 0 Å². The smallest absolute Gasteiger partial charge is 0.252 e. The molecule has 114 valence electrons. The highest BCUT2D eigenvalue weighted by Crippen LogP contribution is 2.34. The molecular weight excluding hydrogens is 266 g/mol. The van der Waals surface area contributed by atoms with Crippen LogP contribution in [0.25, 0.3) is 0 Å². The van der Waals surface area contributed by atoms with Gasteiger partial charge in [0.2, 0.25) is 5.91 Å². The fourth-order valence-electron chi connectivity index (χ4n) is 2.33. The van der Waals surface area contributed by atoms with Crippen molar-refractivity contribution in [1.82, 2.24) is 5.32 Å². The molecule has 0 atom stereocenters. The van der Waals surface area contributed by atoms with Crippen LogP contribution in [0.15, 0.2) is 24.3 Å². The van der Waals surface area contributed by atoms with Gasteiger partial charge in [-0.25, -0.2) is 0 Å². The van der Waals surface area contributed by atoms with Crippen LogP contribution in [-0.2, 0) is 9.59 Å². The van der Waals surface area contributed by atoms with Crippen LogP contribution in [0.3, 0.4) is 0 Å². The molecule has 0 bridgehead atoms. The van der Waals surface area contributed by atoms with Gasteiger partial charge in [-0.1, -0.05) is 26.0 Å². The molecule has 1 aliphatic heterocycles. The van der Waals surface area contributed by atoms with Crippen LogP contribution in [-0.4, -0.2) is 30.4 Å². The molecule has 5 heteroatoms. The summed E-state index contributed by atoms with van der Waals surface area (Å²) < 4.78 is 0. The van der Waals surface area contributed by atoms with Crippen molar-refractivity contribution in [3.8, 4) is 0 Å². The maximum Gasteiger partial charge on any atom is 0.252 e. The molecule has 2 N–H and O–H groups in total. The first-order valence-electron chi connectivity index (χ1n) is 7.27. The minimum atomic E-state index is -0.716. The molecule has 1 aromatic rings. The van der Waals surface area contributed by atoms with E-state index in [0.29, 0.717) is 12.5 Å². The van der Waals surface area contributed by atoms with Gasteiger partial charge in [0, 0.05) is 6.54 Å². The summed E-state index contributed by atoms with van der Waals surface area (Å²) >= 11 is 0. The molecule has 0 aliphatic carbocycles. The second-order valence-corrected chi connectivity index (χ2v) is 6.36. The third-order valence-corrected chi connectivity index (χ3v) is 3.43.